The first kappa shape index (κ1) is 24.0. The van der Waals surface area contributed by atoms with Gasteiger partial charge in [-0.25, -0.2) is 9.59 Å². The van der Waals surface area contributed by atoms with Crippen LogP contribution in [-0.4, -0.2) is 30.1 Å². The smallest absolute Gasteiger partial charge is 0.407 e. The molecule has 0 unspecified atom stereocenters. The van der Waals surface area contributed by atoms with Crippen LogP contribution in [0.15, 0.2) is 48.5 Å². The Morgan fingerprint density at radius 1 is 0.871 bits per heavy atom. The van der Waals surface area contributed by atoms with Gasteiger partial charge in [-0.1, -0.05) is 12.1 Å². The van der Waals surface area contributed by atoms with Gasteiger partial charge in [-0.15, -0.1) is 0 Å². The molecule has 0 radical (unpaired) electrons. The van der Waals surface area contributed by atoms with Gasteiger partial charge in [0.2, 0.25) is 5.85 Å². The Morgan fingerprint density at radius 2 is 1.39 bits per heavy atom. The van der Waals surface area contributed by atoms with Crippen molar-refractivity contribution in [3.63, 3.8) is 0 Å². The molecule has 8 heteroatoms. The van der Waals surface area contributed by atoms with Crippen LogP contribution >= 0.6 is 0 Å². The summed E-state index contributed by atoms with van der Waals surface area (Å²) < 4.78 is 23.8. The molecule has 0 atom stereocenters. The first-order valence-electron chi connectivity index (χ1n) is 10.0. The van der Waals surface area contributed by atoms with E-state index >= 15 is 0 Å². The number of benzene rings is 2. The van der Waals surface area contributed by atoms with E-state index in [0.29, 0.717) is 30.1 Å². The second kappa shape index (κ2) is 10.1. The Morgan fingerprint density at radius 3 is 1.87 bits per heavy atom. The summed E-state index contributed by atoms with van der Waals surface area (Å²) in [5, 5.41) is 8.15. The van der Waals surface area contributed by atoms with Gasteiger partial charge < -0.3 is 25.4 Å². The number of urea groups is 1. The van der Waals surface area contributed by atoms with Crippen LogP contribution in [0.5, 0.6) is 5.75 Å². The summed E-state index contributed by atoms with van der Waals surface area (Å²) in [6.07, 6.45) is 0.186. The van der Waals surface area contributed by atoms with Gasteiger partial charge in [0.05, 0.1) is 0 Å². The highest BCUT2D eigenvalue weighted by Gasteiger charge is 2.17. The first-order chi connectivity index (χ1) is 14.4. The summed E-state index contributed by atoms with van der Waals surface area (Å²) in [5.74, 6) is -1.40. The Balaban J connectivity index is 1.78. The number of hydrogen-bond donors (Lipinski definition) is 3. The van der Waals surface area contributed by atoms with Crippen LogP contribution in [0.25, 0.3) is 0 Å². The number of rotatable bonds is 7. The molecule has 0 aromatic heterocycles. The van der Waals surface area contributed by atoms with Crippen LogP contribution in [0, 0.1) is 0 Å². The maximum Gasteiger partial charge on any atom is 0.407 e. The molecule has 3 amide bonds. The number of carbonyl (C=O) groups is 2. The van der Waals surface area contributed by atoms with E-state index in [1.54, 1.807) is 36.4 Å². The largest absolute Gasteiger partial charge is 0.459 e. The van der Waals surface area contributed by atoms with E-state index in [1.807, 2.05) is 32.9 Å². The molecule has 0 saturated heterocycles. The fourth-order valence-corrected chi connectivity index (χ4v) is 2.56. The molecule has 2 aromatic rings. The minimum absolute atomic E-state index is 0.371. The molecule has 7 nitrogen and oxygen atoms in total. The van der Waals surface area contributed by atoms with Crippen LogP contribution in [-0.2, 0) is 11.2 Å². The van der Waals surface area contributed by atoms with Crippen LogP contribution in [0.1, 0.15) is 40.2 Å². The van der Waals surface area contributed by atoms with Crippen molar-refractivity contribution >= 4 is 23.5 Å². The molecule has 2 rings (SSSR count). The summed E-state index contributed by atoms with van der Waals surface area (Å²) in [5.41, 5.74) is 1.65. The van der Waals surface area contributed by atoms with E-state index in [1.165, 1.54) is 13.8 Å². The Bertz CT molecular complexity index is 870. The summed E-state index contributed by atoms with van der Waals surface area (Å²) >= 11 is 0. The van der Waals surface area contributed by atoms with Gasteiger partial charge >= 0.3 is 12.1 Å². The third-order valence-electron chi connectivity index (χ3n) is 3.77. The fourth-order valence-electron chi connectivity index (χ4n) is 2.56. The van der Waals surface area contributed by atoms with E-state index in [9.17, 15) is 14.0 Å². The average molecular weight is 432 g/mol. The zero-order valence-corrected chi connectivity index (χ0v) is 18.5. The summed E-state index contributed by atoms with van der Waals surface area (Å²) in [6, 6.07) is 13.3. The molecule has 0 bridgehead atoms. The van der Waals surface area contributed by atoms with Crippen LogP contribution in [0.2, 0.25) is 0 Å². The maximum atomic E-state index is 13.5. The van der Waals surface area contributed by atoms with Crippen LogP contribution < -0.4 is 20.7 Å². The quantitative estimate of drug-likeness (QED) is 0.541. The minimum atomic E-state index is -1.77. The predicted octanol–water partition coefficient (Wildman–Crippen LogP) is 5.48. The lowest BCUT2D eigenvalue weighted by Crippen LogP contribution is -2.33. The monoisotopic (exact) mass is 431 g/mol. The van der Waals surface area contributed by atoms with Crippen LogP contribution in [0.4, 0.5) is 25.4 Å². The highest BCUT2D eigenvalue weighted by molar-refractivity contribution is 5.99. The molecule has 3 N–H and O–H groups in total. The minimum Gasteiger partial charge on any atom is -0.459 e. The van der Waals surface area contributed by atoms with Gasteiger partial charge in [0.25, 0.3) is 0 Å². The summed E-state index contributed by atoms with van der Waals surface area (Å²) in [6.45, 7) is 8.51. The molecule has 0 spiro atoms. The number of ether oxygens (including phenoxy) is 2. The molecule has 168 valence electrons. The van der Waals surface area contributed by atoms with E-state index < -0.39 is 23.6 Å². The molecule has 2 aromatic carbocycles. The third-order valence-corrected chi connectivity index (χ3v) is 3.77. The highest BCUT2D eigenvalue weighted by atomic mass is 19.2. The number of alkyl carbamates (subject to hydrolysis) is 1. The van der Waals surface area contributed by atoms with Crippen LogP contribution in [0.3, 0.4) is 0 Å². The van der Waals surface area contributed by atoms with E-state index in [0.717, 1.165) is 5.56 Å². The molecular formula is C23H30FN3O4. The number of nitrogens with one attached hydrogen (secondary N) is 3. The fraction of sp³-hybridized carbons (Fsp3) is 0.391. The number of hydrogen-bond acceptors (Lipinski definition) is 4. The second-order valence-corrected chi connectivity index (χ2v) is 8.44. The zero-order valence-electron chi connectivity index (χ0n) is 18.5. The maximum absolute atomic E-state index is 13.5. The van der Waals surface area contributed by atoms with Crippen molar-refractivity contribution in [2.75, 3.05) is 17.2 Å². The molecule has 31 heavy (non-hydrogen) atoms. The Labute approximate surface area is 182 Å². The number of anilines is 2. The lowest BCUT2D eigenvalue weighted by atomic mass is 10.1. The molecule has 0 saturated carbocycles. The normalized spacial score (nSPS) is 11.4. The summed E-state index contributed by atoms with van der Waals surface area (Å²) in [4.78, 5) is 23.8. The molecule has 0 aliphatic rings. The van der Waals surface area contributed by atoms with Crippen molar-refractivity contribution in [1.29, 1.82) is 0 Å². The first-order valence-corrected chi connectivity index (χ1v) is 10.0. The average Bonchev–Trinajstić information content (AvgIpc) is 2.62. The molecule has 0 aliphatic heterocycles. The van der Waals surface area contributed by atoms with Crippen molar-refractivity contribution in [3.05, 3.63) is 54.1 Å². The number of halogens is 1. The Kier molecular flexibility index (Phi) is 7.85. The molecule has 0 heterocycles. The predicted molar refractivity (Wildman–Crippen MR) is 119 cm³/mol. The number of amides is 3. The van der Waals surface area contributed by atoms with Gasteiger partial charge in [0, 0.05) is 31.8 Å². The third kappa shape index (κ3) is 9.84. The Hall–Kier alpha value is -3.29. The second-order valence-electron chi connectivity index (χ2n) is 8.44. The van der Waals surface area contributed by atoms with Gasteiger partial charge in [-0.3, -0.25) is 0 Å². The standard InChI is InChI=1S/C23H30FN3O4/c1-22(2,3)31-21(29)25-15-14-16-6-8-17(9-7-16)26-20(28)27-18-10-12-19(13-11-18)30-23(4,5)24/h6-13H,14-15H2,1-5H3,(H,25,29)(H2,26,27,28). The van der Waals surface area contributed by atoms with Gasteiger partial charge in [0.1, 0.15) is 11.4 Å². The molecular weight excluding hydrogens is 401 g/mol. The lowest BCUT2D eigenvalue weighted by Gasteiger charge is -2.19. The van der Waals surface area contributed by atoms with Gasteiger partial charge in [-0.05, 0) is 69.2 Å². The van der Waals surface area contributed by atoms with Crippen molar-refractivity contribution in [2.24, 2.45) is 0 Å². The molecule has 0 fully saturated rings. The lowest BCUT2D eigenvalue weighted by molar-refractivity contribution is -0.0257. The highest BCUT2D eigenvalue weighted by Crippen LogP contribution is 2.21. The topological polar surface area (TPSA) is 88.7 Å². The van der Waals surface area contributed by atoms with Crippen molar-refractivity contribution in [2.45, 2.75) is 52.5 Å². The summed E-state index contributed by atoms with van der Waals surface area (Å²) in [7, 11) is 0. The van der Waals surface area contributed by atoms with E-state index in [-0.39, 0.29) is 0 Å². The zero-order chi connectivity index (χ0) is 23.1. The number of alkyl halides is 1. The van der Waals surface area contributed by atoms with E-state index in [4.69, 9.17) is 9.47 Å². The SMILES string of the molecule is CC(C)(C)OC(=O)NCCc1ccc(NC(=O)Nc2ccc(OC(C)(C)F)cc2)cc1. The van der Waals surface area contributed by atoms with Crippen molar-refractivity contribution in [3.8, 4) is 5.75 Å². The van der Waals surface area contributed by atoms with Crippen molar-refractivity contribution in [1.82, 2.24) is 5.32 Å². The van der Waals surface area contributed by atoms with E-state index in [2.05, 4.69) is 16.0 Å². The molecule has 0 aliphatic carbocycles. The van der Waals surface area contributed by atoms with Gasteiger partial charge in [0.15, 0.2) is 0 Å². The van der Waals surface area contributed by atoms with Gasteiger partial charge in [-0.2, -0.15) is 4.39 Å². The van der Waals surface area contributed by atoms with Crippen molar-refractivity contribution < 1.29 is 23.5 Å². The number of carbonyl (C=O) groups excluding carboxylic acids is 2.